The maximum atomic E-state index is 12.4. The highest BCUT2D eigenvalue weighted by Gasteiger charge is 2.34. The van der Waals surface area contributed by atoms with Gasteiger partial charge in [-0.2, -0.15) is 0 Å². The van der Waals surface area contributed by atoms with E-state index in [0.29, 0.717) is 0 Å². The Labute approximate surface area is 123 Å². The van der Waals surface area contributed by atoms with Gasteiger partial charge >= 0.3 is 11.7 Å². The predicted octanol–water partition coefficient (Wildman–Crippen LogP) is 3.01. The third-order valence-electron chi connectivity index (χ3n) is 2.91. The van der Waals surface area contributed by atoms with Crippen LogP contribution in [0.25, 0.3) is 4.98 Å². The summed E-state index contributed by atoms with van der Waals surface area (Å²) in [4.78, 5) is 36.4. The monoisotopic (exact) mass is 298 g/mol. The number of aromatic carboxylic acids is 1. The summed E-state index contributed by atoms with van der Waals surface area (Å²) in [5.41, 5.74) is -1.98. The van der Waals surface area contributed by atoms with Crippen LogP contribution >= 0.6 is 0 Å². The standard InChI is InChI=1S/C14H7N3O5/c15-16-10-6-9(14(19)20)7-11(17(21)22)12(10)13(18)8-4-2-1-3-5-8/h1-7H/p+1. The highest BCUT2D eigenvalue weighted by atomic mass is 16.6. The maximum Gasteiger partial charge on any atom is 0.404 e. The minimum absolute atomic E-state index is 0.151. The second kappa shape index (κ2) is 5.80. The maximum absolute atomic E-state index is 12.4. The van der Waals surface area contributed by atoms with Gasteiger partial charge in [-0.25, -0.2) is 4.79 Å². The van der Waals surface area contributed by atoms with Crippen molar-refractivity contribution in [3.05, 3.63) is 74.2 Å². The molecule has 0 spiro atoms. The van der Waals surface area contributed by atoms with Crippen molar-refractivity contribution in [2.75, 3.05) is 0 Å². The molecule has 0 saturated carbocycles. The summed E-state index contributed by atoms with van der Waals surface area (Å²) in [6, 6.07) is 9.34. The van der Waals surface area contributed by atoms with Crippen LogP contribution in [0.15, 0.2) is 42.5 Å². The number of ketones is 1. The average molecular weight is 298 g/mol. The zero-order valence-corrected chi connectivity index (χ0v) is 11.0. The molecule has 0 aromatic heterocycles. The summed E-state index contributed by atoms with van der Waals surface area (Å²) in [6.07, 6.45) is 0. The van der Waals surface area contributed by atoms with Gasteiger partial charge in [-0.3, -0.25) is 14.9 Å². The number of diazo groups is 1. The Morgan fingerprint density at radius 3 is 2.27 bits per heavy atom. The van der Waals surface area contributed by atoms with Crippen LogP contribution in [0.4, 0.5) is 11.4 Å². The van der Waals surface area contributed by atoms with Crippen LogP contribution in [-0.2, 0) is 0 Å². The fraction of sp³-hybridized carbons (Fsp3) is 0. The normalized spacial score (nSPS) is 9.77. The first-order chi connectivity index (χ1) is 10.5. The molecule has 1 N–H and O–H groups in total. The van der Waals surface area contributed by atoms with E-state index in [9.17, 15) is 19.7 Å². The van der Waals surface area contributed by atoms with E-state index in [0.717, 1.165) is 12.1 Å². The van der Waals surface area contributed by atoms with Gasteiger partial charge in [-0.05, 0) is 0 Å². The van der Waals surface area contributed by atoms with Gasteiger partial charge in [0, 0.05) is 17.7 Å². The molecule has 0 aliphatic heterocycles. The molecule has 0 unspecified atom stereocenters. The SMILES string of the molecule is N#[N+]c1cc(C(=O)O)cc([N+](=O)[O-])c1C(=O)c1ccccc1. The Bertz CT molecular complexity index is 824. The zero-order valence-electron chi connectivity index (χ0n) is 11.0. The van der Waals surface area contributed by atoms with Gasteiger partial charge in [0.15, 0.2) is 10.5 Å². The van der Waals surface area contributed by atoms with Gasteiger partial charge in [-0.15, -0.1) is 0 Å². The number of carbonyl (C=O) groups is 2. The van der Waals surface area contributed by atoms with Crippen LogP contribution in [-0.4, -0.2) is 21.8 Å². The smallest absolute Gasteiger partial charge is 0.404 e. The molecule has 2 rings (SSSR count). The number of rotatable bonds is 4. The molecule has 0 aliphatic carbocycles. The van der Waals surface area contributed by atoms with Crippen LogP contribution in [0.3, 0.4) is 0 Å². The van der Waals surface area contributed by atoms with Crippen molar-refractivity contribution in [3.63, 3.8) is 0 Å². The molecule has 22 heavy (non-hydrogen) atoms. The number of carbonyl (C=O) groups excluding carboxylic acids is 1. The number of hydrogen-bond donors (Lipinski definition) is 1. The number of nitrogens with zero attached hydrogens (tertiary/aromatic N) is 3. The molecule has 2 aromatic rings. The molecule has 0 fully saturated rings. The number of benzene rings is 2. The fourth-order valence-corrected chi connectivity index (χ4v) is 1.92. The van der Waals surface area contributed by atoms with Crippen molar-refractivity contribution < 1.29 is 19.6 Å². The third-order valence-corrected chi connectivity index (χ3v) is 2.91. The summed E-state index contributed by atoms with van der Waals surface area (Å²) in [6.45, 7) is 0. The van der Waals surface area contributed by atoms with Crippen molar-refractivity contribution >= 4 is 23.1 Å². The lowest BCUT2D eigenvalue weighted by atomic mass is 9.98. The molecular weight excluding hydrogens is 290 g/mol. The molecule has 108 valence electrons. The van der Waals surface area contributed by atoms with Crippen LogP contribution in [0.1, 0.15) is 26.3 Å². The largest absolute Gasteiger partial charge is 0.478 e. The lowest BCUT2D eigenvalue weighted by Gasteiger charge is -2.02. The first kappa shape index (κ1) is 14.8. The Morgan fingerprint density at radius 1 is 1.14 bits per heavy atom. The first-order valence-corrected chi connectivity index (χ1v) is 5.96. The molecule has 0 atom stereocenters. The quantitative estimate of drug-likeness (QED) is 0.400. The van der Waals surface area contributed by atoms with E-state index in [1.807, 2.05) is 0 Å². The van der Waals surface area contributed by atoms with Gasteiger partial charge in [0.2, 0.25) is 11.2 Å². The molecule has 0 bridgehead atoms. The zero-order chi connectivity index (χ0) is 16.3. The van der Waals surface area contributed by atoms with Crippen molar-refractivity contribution in [1.82, 2.24) is 0 Å². The van der Waals surface area contributed by atoms with E-state index < -0.39 is 39.2 Å². The summed E-state index contributed by atoms with van der Waals surface area (Å²) >= 11 is 0. The number of carboxylic acid groups (broad SMARTS) is 1. The van der Waals surface area contributed by atoms with Gasteiger partial charge < -0.3 is 5.11 Å². The Morgan fingerprint density at radius 2 is 1.77 bits per heavy atom. The molecule has 8 heteroatoms. The summed E-state index contributed by atoms with van der Waals surface area (Å²) in [7, 11) is 0. The van der Waals surface area contributed by atoms with E-state index in [4.69, 9.17) is 10.5 Å². The number of hydrogen-bond acceptors (Lipinski definition) is 5. The highest BCUT2D eigenvalue weighted by Crippen LogP contribution is 2.33. The second-order valence-corrected chi connectivity index (χ2v) is 4.25. The van der Waals surface area contributed by atoms with Gasteiger partial charge in [0.1, 0.15) is 0 Å². The van der Waals surface area contributed by atoms with Crippen molar-refractivity contribution in [2.24, 2.45) is 0 Å². The van der Waals surface area contributed by atoms with Crippen LogP contribution in [0, 0.1) is 15.5 Å². The van der Waals surface area contributed by atoms with E-state index in [-0.39, 0.29) is 5.56 Å². The van der Waals surface area contributed by atoms with Crippen LogP contribution < -0.4 is 0 Å². The van der Waals surface area contributed by atoms with Crippen molar-refractivity contribution in [3.8, 4) is 0 Å². The van der Waals surface area contributed by atoms with Crippen LogP contribution in [0.5, 0.6) is 0 Å². The number of nitro benzene ring substituents is 1. The summed E-state index contributed by atoms with van der Waals surface area (Å²) in [5, 5.41) is 29.0. The minimum atomic E-state index is -1.44. The van der Waals surface area contributed by atoms with E-state index >= 15 is 0 Å². The van der Waals surface area contributed by atoms with E-state index in [1.54, 1.807) is 18.2 Å². The lowest BCUT2D eigenvalue weighted by molar-refractivity contribution is -0.385. The Hall–Kier alpha value is -3.60. The number of nitro groups is 1. The van der Waals surface area contributed by atoms with Gasteiger partial charge in [-0.1, -0.05) is 30.3 Å². The predicted molar refractivity (Wildman–Crippen MR) is 74.7 cm³/mol. The Balaban J connectivity index is 2.74. The molecule has 0 saturated heterocycles. The van der Waals surface area contributed by atoms with Gasteiger partial charge in [0.25, 0.3) is 5.69 Å². The van der Waals surface area contributed by atoms with Crippen molar-refractivity contribution in [1.29, 1.82) is 5.39 Å². The molecular formula is C14H8N3O5+. The average Bonchev–Trinajstić information content (AvgIpc) is 2.53. The van der Waals surface area contributed by atoms with E-state index in [1.165, 1.54) is 12.1 Å². The number of carboxylic acids is 1. The molecule has 2 aromatic carbocycles. The summed E-state index contributed by atoms with van der Waals surface area (Å²) in [5.74, 6) is -2.18. The van der Waals surface area contributed by atoms with E-state index in [2.05, 4.69) is 4.98 Å². The van der Waals surface area contributed by atoms with Crippen molar-refractivity contribution in [2.45, 2.75) is 0 Å². The summed E-state index contributed by atoms with van der Waals surface area (Å²) < 4.78 is 0. The molecule has 0 aliphatic rings. The first-order valence-electron chi connectivity index (χ1n) is 5.96. The Kier molecular flexibility index (Phi) is 3.90. The lowest BCUT2D eigenvalue weighted by Crippen LogP contribution is -2.08. The van der Waals surface area contributed by atoms with Crippen LogP contribution in [0.2, 0.25) is 0 Å². The minimum Gasteiger partial charge on any atom is -0.478 e. The molecule has 8 nitrogen and oxygen atoms in total. The molecule has 0 amide bonds. The topological polar surface area (TPSA) is 126 Å². The highest BCUT2D eigenvalue weighted by molar-refractivity contribution is 6.15. The molecule has 0 radical (unpaired) electrons. The second-order valence-electron chi connectivity index (χ2n) is 4.25. The third kappa shape index (κ3) is 2.64. The van der Waals surface area contributed by atoms with Gasteiger partial charge in [0.05, 0.1) is 10.5 Å². The molecule has 0 heterocycles. The fourth-order valence-electron chi connectivity index (χ4n) is 1.92.